The summed E-state index contributed by atoms with van der Waals surface area (Å²) in [7, 11) is 0. The Hall–Kier alpha value is -0.770. The van der Waals surface area contributed by atoms with Crippen LogP contribution in [0.4, 0.5) is 0 Å². The molecule has 1 heterocycles. The Morgan fingerprint density at radius 2 is 2.28 bits per heavy atom. The van der Waals surface area contributed by atoms with Gasteiger partial charge in [-0.1, -0.05) is 23.7 Å². The average Bonchev–Trinajstić information content (AvgIpc) is 2.90. The molecule has 1 aromatic rings. The highest BCUT2D eigenvalue weighted by atomic mass is 35.5. The Balaban J connectivity index is 2.02. The van der Waals surface area contributed by atoms with Gasteiger partial charge in [0.2, 0.25) is 0 Å². The monoisotopic (exact) mass is 269 g/mol. The molecule has 2 atom stereocenters. The molecule has 1 aromatic carbocycles. The molecule has 0 bridgehead atoms. The van der Waals surface area contributed by atoms with Crippen LogP contribution < -0.4 is 10.1 Å². The zero-order valence-electron chi connectivity index (χ0n) is 10.7. The molecule has 0 aromatic heterocycles. The Labute approximate surface area is 113 Å². The zero-order valence-corrected chi connectivity index (χ0v) is 11.5. The Bertz CT molecular complexity index is 367. The molecule has 0 amide bonds. The molecule has 0 radical (unpaired) electrons. The number of ether oxygens (including phenoxy) is 2. The molecule has 3 nitrogen and oxygen atoms in total. The number of nitrogens with one attached hydrogen (secondary N) is 1. The molecule has 100 valence electrons. The van der Waals surface area contributed by atoms with Crippen LogP contribution in [0.25, 0.3) is 0 Å². The number of halogens is 1. The van der Waals surface area contributed by atoms with Crippen molar-refractivity contribution in [3.05, 3.63) is 29.3 Å². The molecular weight excluding hydrogens is 250 g/mol. The van der Waals surface area contributed by atoms with Crippen LogP contribution in [0.5, 0.6) is 5.75 Å². The normalized spacial score (nSPS) is 20.9. The molecule has 1 saturated heterocycles. The third-order valence-corrected chi connectivity index (χ3v) is 3.54. The number of hydrogen-bond acceptors (Lipinski definition) is 3. The second-order valence-electron chi connectivity index (χ2n) is 4.50. The van der Waals surface area contributed by atoms with Crippen LogP contribution in [0.1, 0.15) is 13.3 Å². The molecule has 4 heteroatoms. The molecule has 1 fully saturated rings. The van der Waals surface area contributed by atoms with Gasteiger partial charge in [-0.05, 0) is 32.0 Å². The van der Waals surface area contributed by atoms with E-state index in [1.807, 2.05) is 31.2 Å². The molecule has 0 spiro atoms. The fourth-order valence-electron chi connectivity index (χ4n) is 2.20. The van der Waals surface area contributed by atoms with E-state index < -0.39 is 0 Å². The Morgan fingerprint density at radius 3 is 2.94 bits per heavy atom. The second-order valence-corrected chi connectivity index (χ2v) is 4.91. The van der Waals surface area contributed by atoms with Crippen LogP contribution in [0.3, 0.4) is 0 Å². The fourth-order valence-corrected chi connectivity index (χ4v) is 2.38. The molecule has 1 N–H and O–H groups in total. The summed E-state index contributed by atoms with van der Waals surface area (Å²) in [6.07, 6.45) is 1.20. The van der Waals surface area contributed by atoms with Crippen molar-refractivity contribution in [3.8, 4) is 5.75 Å². The first-order valence-corrected chi connectivity index (χ1v) is 6.88. The van der Waals surface area contributed by atoms with E-state index in [4.69, 9.17) is 21.1 Å². The highest BCUT2D eigenvalue weighted by Gasteiger charge is 2.27. The summed E-state index contributed by atoms with van der Waals surface area (Å²) >= 11 is 6.13. The maximum absolute atomic E-state index is 6.13. The summed E-state index contributed by atoms with van der Waals surface area (Å²) < 4.78 is 11.6. The predicted octanol–water partition coefficient (Wildman–Crippen LogP) is 2.73. The first-order valence-electron chi connectivity index (χ1n) is 6.51. The molecule has 1 aliphatic rings. The van der Waals surface area contributed by atoms with E-state index in [0.29, 0.717) is 24.2 Å². The van der Waals surface area contributed by atoms with Gasteiger partial charge in [0.15, 0.2) is 0 Å². The maximum atomic E-state index is 6.13. The summed E-state index contributed by atoms with van der Waals surface area (Å²) in [6.45, 7) is 5.37. The zero-order chi connectivity index (χ0) is 12.8. The number of para-hydroxylation sites is 1. The van der Waals surface area contributed by atoms with Gasteiger partial charge in [-0.25, -0.2) is 0 Å². The topological polar surface area (TPSA) is 30.5 Å². The third kappa shape index (κ3) is 3.61. The van der Waals surface area contributed by atoms with Crippen LogP contribution in [-0.4, -0.2) is 32.4 Å². The maximum Gasteiger partial charge on any atom is 0.138 e. The molecule has 1 unspecified atom stereocenters. The van der Waals surface area contributed by atoms with Crippen LogP contribution in [-0.2, 0) is 4.74 Å². The first kappa shape index (κ1) is 13.7. The Morgan fingerprint density at radius 1 is 1.44 bits per heavy atom. The molecule has 0 saturated carbocycles. The van der Waals surface area contributed by atoms with E-state index >= 15 is 0 Å². The lowest BCUT2D eigenvalue weighted by Gasteiger charge is -2.24. The Kier molecular flexibility index (Phi) is 5.29. The van der Waals surface area contributed by atoms with E-state index in [1.54, 1.807) is 0 Å². The van der Waals surface area contributed by atoms with Gasteiger partial charge >= 0.3 is 0 Å². The van der Waals surface area contributed by atoms with Gasteiger partial charge in [-0.3, -0.25) is 0 Å². The van der Waals surface area contributed by atoms with Crippen molar-refractivity contribution in [2.45, 2.75) is 19.4 Å². The minimum Gasteiger partial charge on any atom is -0.486 e. The van der Waals surface area contributed by atoms with Crippen LogP contribution in [0.2, 0.25) is 5.02 Å². The lowest BCUT2D eigenvalue weighted by atomic mass is 10.0. The van der Waals surface area contributed by atoms with Gasteiger partial charge in [-0.15, -0.1) is 0 Å². The molecule has 1 aliphatic heterocycles. The summed E-state index contributed by atoms with van der Waals surface area (Å²) in [6, 6.07) is 7.60. The molecule has 0 aliphatic carbocycles. The van der Waals surface area contributed by atoms with Crippen molar-refractivity contribution in [2.24, 2.45) is 5.92 Å². The summed E-state index contributed by atoms with van der Waals surface area (Å²) in [5, 5.41) is 4.02. The molecule has 18 heavy (non-hydrogen) atoms. The average molecular weight is 270 g/mol. The second kappa shape index (κ2) is 6.98. The van der Waals surface area contributed by atoms with E-state index in [9.17, 15) is 0 Å². The van der Waals surface area contributed by atoms with Crippen LogP contribution >= 0.6 is 11.6 Å². The minimum atomic E-state index is 0.0693. The van der Waals surface area contributed by atoms with Crippen molar-refractivity contribution in [1.29, 1.82) is 0 Å². The van der Waals surface area contributed by atoms with Gasteiger partial charge in [0, 0.05) is 19.1 Å². The van der Waals surface area contributed by atoms with Crippen molar-refractivity contribution in [3.63, 3.8) is 0 Å². The molecular formula is C14H20ClNO2. The summed E-state index contributed by atoms with van der Waals surface area (Å²) in [5.41, 5.74) is 0. The highest BCUT2D eigenvalue weighted by Crippen LogP contribution is 2.27. The summed E-state index contributed by atoms with van der Waals surface area (Å²) in [4.78, 5) is 0. The standard InChI is InChI=1S/C14H20ClNO2/c1-2-17-10-14(11-7-8-16-9-11)18-13-6-4-3-5-12(13)15/h3-6,11,14,16H,2,7-10H2,1H3/t11?,14-/m0/s1. The largest absolute Gasteiger partial charge is 0.486 e. The van der Waals surface area contributed by atoms with Crippen molar-refractivity contribution >= 4 is 11.6 Å². The van der Waals surface area contributed by atoms with E-state index in [-0.39, 0.29) is 6.10 Å². The van der Waals surface area contributed by atoms with Crippen molar-refractivity contribution in [1.82, 2.24) is 5.32 Å². The smallest absolute Gasteiger partial charge is 0.138 e. The van der Waals surface area contributed by atoms with E-state index in [1.165, 1.54) is 0 Å². The predicted molar refractivity (Wildman–Crippen MR) is 73.3 cm³/mol. The van der Waals surface area contributed by atoms with Gasteiger partial charge in [0.1, 0.15) is 11.9 Å². The van der Waals surface area contributed by atoms with E-state index in [2.05, 4.69) is 5.32 Å². The SMILES string of the molecule is CCOC[C@H](Oc1ccccc1Cl)C1CCNC1. The fraction of sp³-hybridized carbons (Fsp3) is 0.571. The quantitative estimate of drug-likeness (QED) is 0.861. The van der Waals surface area contributed by atoms with Crippen LogP contribution in [0.15, 0.2) is 24.3 Å². The lowest BCUT2D eigenvalue weighted by Crippen LogP contribution is -2.33. The van der Waals surface area contributed by atoms with Crippen LogP contribution in [0, 0.1) is 5.92 Å². The van der Waals surface area contributed by atoms with Crippen molar-refractivity contribution < 1.29 is 9.47 Å². The van der Waals surface area contributed by atoms with Gasteiger partial charge in [0.05, 0.1) is 11.6 Å². The number of rotatable bonds is 6. The van der Waals surface area contributed by atoms with Gasteiger partial charge < -0.3 is 14.8 Å². The molecule has 2 rings (SSSR count). The van der Waals surface area contributed by atoms with Gasteiger partial charge in [-0.2, -0.15) is 0 Å². The summed E-state index contributed by atoms with van der Waals surface area (Å²) in [5.74, 6) is 1.24. The van der Waals surface area contributed by atoms with Gasteiger partial charge in [0.25, 0.3) is 0 Å². The number of benzene rings is 1. The first-order chi connectivity index (χ1) is 8.81. The lowest BCUT2D eigenvalue weighted by molar-refractivity contribution is 0.0292. The number of hydrogen-bond donors (Lipinski definition) is 1. The minimum absolute atomic E-state index is 0.0693. The van der Waals surface area contributed by atoms with Crippen molar-refractivity contribution in [2.75, 3.05) is 26.3 Å². The third-order valence-electron chi connectivity index (χ3n) is 3.23. The highest BCUT2D eigenvalue weighted by molar-refractivity contribution is 6.32. The van der Waals surface area contributed by atoms with E-state index in [0.717, 1.165) is 25.3 Å².